The number of fused-ring (bicyclic) bond motifs is 1. The molecule has 184 valence electrons. The van der Waals surface area contributed by atoms with Gasteiger partial charge < -0.3 is 5.32 Å². The molecule has 0 saturated heterocycles. The molecule has 1 amide bonds. The van der Waals surface area contributed by atoms with Gasteiger partial charge in [0.25, 0.3) is 5.91 Å². The summed E-state index contributed by atoms with van der Waals surface area (Å²) in [6.07, 6.45) is 6.76. The molecule has 1 atom stereocenters. The van der Waals surface area contributed by atoms with Crippen LogP contribution in [0.4, 0.5) is 0 Å². The van der Waals surface area contributed by atoms with Gasteiger partial charge in [0, 0.05) is 43.0 Å². The predicted octanol–water partition coefficient (Wildman–Crippen LogP) is 5.90. The lowest BCUT2D eigenvalue weighted by Crippen LogP contribution is -2.31. The number of rotatable bonds is 8. The van der Waals surface area contributed by atoms with Crippen LogP contribution in [-0.2, 0) is 26.1 Å². The Hall–Kier alpha value is -3.13. The third-order valence-electron chi connectivity index (χ3n) is 6.46. The van der Waals surface area contributed by atoms with E-state index < -0.39 is 0 Å². The molecule has 1 aliphatic carbocycles. The fourth-order valence-electron chi connectivity index (χ4n) is 4.81. The molecule has 3 aromatic heterocycles. The van der Waals surface area contributed by atoms with Crippen LogP contribution < -0.4 is 5.32 Å². The van der Waals surface area contributed by atoms with Crippen LogP contribution in [0.1, 0.15) is 62.3 Å². The van der Waals surface area contributed by atoms with Gasteiger partial charge in [0.1, 0.15) is 5.15 Å². The van der Waals surface area contributed by atoms with Crippen molar-refractivity contribution in [3.8, 4) is 0 Å². The van der Waals surface area contributed by atoms with Gasteiger partial charge >= 0.3 is 0 Å². The Morgan fingerprint density at radius 2 is 2.00 bits per heavy atom. The van der Waals surface area contributed by atoms with Crippen molar-refractivity contribution >= 4 is 28.8 Å². The quantitative estimate of drug-likeness (QED) is 0.294. The minimum Gasteiger partial charge on any atom is -0.348 e. The van der Waals surface area contributed by atoms with Crippen molar-refractivity contribution in [3.63, 3.8) is 0 Å². The largest absolute Gasteiger partial charge is 0.348 e. The first-order chi connectivity index (χ1) is 17.5. The van der Waals surface area contributed by atoms with Gasteiger partial charge in [-0.25, -0.2) is 9.97 Å². The minimum absolute atomic E-state index is 0.171. The molecule has 4 aromatic rings. The number of amides is 1. The van der Waals surface area contributed by atoms with Gasteiger partial charge in [-0.15, -0.1) is 11.3 Å². The summed E-state index contributed by atoms with van der Waals surface area (Å²) in [4.78, 5) is 28.5. The predicted molar refractivity (Wildman–Crippen MR) is 143 cm³/mol. The summed E-state index contributed by atoms with van der Waals surface area (Å²) in [7, 11) is 0. The van der Waals surface area contributed by atoms with Crippen molar-refractivity contribution in [2.45, 2.75) is 51.9 Å². The van der Waals surface area contributed by atoms with E-state index in [0.717, 1.165) is 48.6 Å². The maximum Gasteiger partial charge on any atom is 0.251 e. The van der Waals surface area contributed by atoms with Crippen molar-refractivity contribution in [2.24, 2.45) is 0 Å². The standard InChI is InChI=1S/C28H28ClN5OS/c1-19-33-24(18-36-19)17-34(25-9-3-7-22-8-4-11-31-27(22)25)16-21-6-2-5-20(13-21)15-32-28(35)23-10-12-30-26(29)14-23/h2,4-6,8,10-14,18,25H,3,7,9,15-17H2,1H3,(H,32,35). The van der Waals surface area contributed by atoms with Crippen LogP contribution in [0.3, 0.4) is 0 Å². The normalized spacial score (nSPS) is 15.0. The third-order valence-corrected chi connectivity index (χ3v) is 7.49. The van der Waals surface area contributed by atoms with Crippen molar-refractivity contribution in [1.29, 1.82) is 0 Å². The number of thiazole rings is 1. The molecule has 1 unspecified atom stereocenters. The smallest absolute Gasteiger partial charge is 0.251 e. The molecule has 36 heavy (non-hydrogen) atoms. The molecule has 3 heterocycles. The molecule has 5 rings (SSSR count). The zero-order valence-electron chi connectivity index (χ0n) is 20.2. The molecule has 0 spiro atoms. The summed E-state index contributed by atoms with van der Waals surface area (Å²) >= 11 is 7.62. The highest BCUT2D eigenvalue weighted by atomic mass is 35.5. The highest BCUT2D eigenvalue weighted by Crippen LogP contribution is 2.35. The highest BCUT2D eigenvalue weighted by Gasteiger charge is 2.28. The second-order valence-corrected chi connectivity index (χ2v) is 10.5. The summed E-state index contributed by atoms with van der Waals surface area (Å²) < 4.78 is 0. The number of hydrogen-bond donors (Lipinski definition) is 1. The van der Waals surface area contributed by atoms with E-state index in [2.05, 4.69) is 44.8 Å². The number of carbonyl (C=O) groups excluding carboxylic acids is 1. The second kappa shape index (κ2) is 11.3. The number of aromatic nitrogens is 3. The number of hydrogen-bond acceptors (Lipinski definition) is 6. The monoisotopic (exact) mass is 517 g/mol. The van der Waals surface area contributed by atoms with E-state index in [9.17, 15) is 4.79 Å². The van der Waals surface area contributed by atoms with Crippen molar-refractivity contribution < 1.29 is 4.79 Å². The summed E-state index contributed by atoms with van der Waals surface area (Å²) in [5.74, 6) is -0.171. The molecule has 1 N–H and O–H groups in total. The zero-order chi connectivity index (χ0) is 24.9. The topological polar surface area (TPSA) is 71.0 Å². The molecule has 0 fully saturated rings. The Morgan fingerprint density at radius 1 is 1.11 bits per heavy atom. The van der Waals surface area contributed by atoms with E-state index >= 15 is 0 Å². The Bertz CT molecular complexity index is 1360. The van der Waals surface area contributed by atoms with Gasteiger partial charge in [0.15, 0.2) is 0 Å². The van der Waals surface area contributed by atoms with E-state index in [1.165, 1.54) is 23.0 Å². The minimum atomic E-state index is -0.171. The third kappa shape index (κ3) is 5.98. The summed E-state index contributed by atoms with van der Waals surface area (Å²) in [6.45, 7) is 4.03. The summed E-state index contributed by atoms with van der Waals surface area (Å²) in [6, 6.07) is 16.1. The molecule has 8 heteroatoms. The van der Waals surface area contributed by atoms with E-state index in [-0.39, 0.29) is 11.9 Å². The van der Waals surface area contributed by atoms with Crippen LogP contribution >= 0.6 is 22.9 Å². The summed E-state index contributed by atoms with van der Waals surface area (Å²) in [5.41, 5.74) is 6.38. The number of nitrogens with zero attached hydrogens (tertiary/aromatic N) is 4. The van der Waals surface area contributed by atoms with Crippen LogP contribution in [0.2, 0.25) is 5.15 Å². The van der Waals surface area contributed by atoms with Gasteiger partial charge in [-0.3, -0.25) is 14.7 Å². The number of nitrogens with one attached hydrogen (secondary N) is 1. The number of carbonyl (C=O) groups is 1. The number of benzene rings is 1. The first kappa shape index (κ1) is 24.6. The first-order valence-corrected chi connectivity index (χ1v) is 13.4. The average molecular weight is 518 g/mol. The van der Waals surface area contributed by atoms with E-state index in [0.29, 0.717) is 17.3 Å². The molecule has 0 bridgehead atoms. The van der Waals surface area contributed by atoms with E-state index in [4.69, 9.17) is 21.6 Å². The van der Waals surface area contributed by atoms with Crippen LogP contribution in [-0.4, -0.2) is 25.8 Å². The average Bonchev–Trinajstić information content (AvgIpc) is 3.31. The zero-order valence-corrected chi connectivity index (χ0v) is 21.7. The van der Waals surface area contributed by atoms with Crippen molar-refractivity contribution in [3.05, 3.63) is 110 Å². The molecule has 0 radical (unpaired) electrons. The van der Waals surface area contributed by atoms with Gasteiger partial charge in [0.2, 0.25) is 0 Å². The van der Waals surface area contributed by atoms with Gasteiger partial charge in [-0.05, 0) is 61.1 Å². The van der Waals surface area contributed by atoms with Gasteiger partial charge in [-0.1, -0.05) is 41.9 Å². The fraction of sp³-hybridized carbons (Fsp3) is 0.286. The van der Waals surface area contributed by atoms with E-state index in [1.54, 1.807) is 23.5 Å². The molecule has 1 aliphatic rings. The Morgan fingerprint density at radius 3 is 2.83 bits per heavy atom. The molecule has 1 aromatic carbocycles. The van der Waals surface area contributed by atoms with Gasteiger partial charge in [0.05, 0.1) is 22.4 Å². The molecule has 6 nitrogen and oxygen atoms in total. The SMILES string of the molecule is Cc1nc(CN(Cc2cccc(CNC(=O)c3ccnc(Cl)c3)c2)C2CCCc3cccnc32)cs1. The van der Waals surface area contributed by atoms with E-state index in [1.807, 2.05) is 25.3 Å². The number of halogens is 1. The van der Waals surface area contributed by atoms with Crippen molar-refractivity contribution in [1.82, 2.24) is 25.2 Å². The maximum atomic E-state index is 12.5. The molecule has 0 saturated carbocycles. The Labute approximate surface area is 220 Å². The van der Waals surface area contributed by atoms with Crippen molar-refractivity contribution in [2.75, 3.05) is 0 Å². The first-order valence-electron chi connectivity index (χ1n) is 12.1. The lowest BCUT2D eigenvalue weighted by molar-refractivity contribution is 0.0950. The second-order valence-electron chi connectivity index (χ2n) is 9.09. The molecule has 0 aliphatic heterocycles. The highest BCUT2D eigenvalue weighted by molar-refractivity contribution is 7.09. The lowest BCUT2D eigenvalue weighted by atomic mass is 9.90. The fourth-order valence-corrected chi connectivity index (χ4v) is 5.58. The van der Waals surface area contributed by atoms with Crippen LogP contribution in [0, 0.1) is 6.92 Å². The number of pyridine rings is 2. The lowest BCUT2D eigenvalue weighted by Gasteiger charge is -2.34. The van der Waals surface area contributed by atoms with Crippen LogP contribution in [0.25, 0.3) is 0 Å². The Balaban J connectivity index is 1.34. The Kier molecular flexibility index (Phi) is 7.70. The van der Waals surface area contributed by atoms with Crippen LogP contribution in [0.15, 0.2) is 66.3 Å². The molecular weight excluding hydrogens is 490 g/mol. The molecular formula is C28H28ClN5OS. The number of aryl methyl sites for hydroxylation is 2. The van der Waals surface area contributed by atoms with Crippen LogP contribution in [0.5, 0.6) is 0 Å². The van der Waals surface area contributed by atoms with Gasteiger partial charge in [-0.2, -0.15) is 0 Å². The summed E-state index contributed by atoms with van der Waals surface area (Å²) in [5, 5.41) is 6.53. The maximum absolute atomic E-state index is 12.5.